The molecule has 0 aliphatic rings. The van der Waals surface area contributed by atoms with E-state index >= 15 is 0 Å². The van der Waals surface area contributed by atoms with Gasteiger partial charge in [-0.25, -0.2) is 13.1 Å². The second kappa shape index (κ2) is 5.32. The van der Waals surface area contributed by atoms with Gasteiger partial charge >= 0.3 is 0 Å². The smallest absolute Gasteiger partial charge is 0.209 e. The Morgan fingerprint density at radius 3 is 2.44 bits per heavy atom. The van der Waals surface area contributed by atoms with E-state index in [1.165, 1.54) is 0 Å². The fourth-order valence-corrected chi connectivity index (χ4v) is 1.99. The van der Waals surface area contributed by atoms with Crippen molar-refractivity contribution < 1.29 is 8.42 Å². The van der Waals surface area contributed by atoms with Crippen LogP contribution in [0.2, 0.25) is 0 Å². The lowest BCUT2D eigenvalue weighted by Gasteiger charge is -2.05. The van der Waals surface area contributed by atoms with E-state index in [0.29, 0.717) is 13.1 Å². The number of aromatic nitrogens is 2. The molecule has 0 saturated heterocycles. The molecule has 1 aromatic heterocycles. The first-order valence-corrected chi connectivity index (χ1v) is 7.42. The molecule has 96 valence electrons. The van der Waals surface area contributed by atoms with Gasteiger partial charge in [0.2, 0.25) is 10.0 Å². The summed E-state index contributed by atoms with van der Waals surface area (Å²) < 4.78 is 26.2. The highest BCUT2D eigenvalue weighted by Crippen LogP contribution is 2.06. The third-order valence-electron chi connectivity index (χ3n) is 2.47. The van der Waals surface area contributed by atoms with E-state index in [1.54, 1.807) is 6.20 Å². The van der Waals surface area contributed by atoms with Crippen LogP contribution in [-0.4, -0.2) is 24.5 Å². The Hall–Kier alpha value is -1.66. The number of rotatable bonds is 5. The van der Waals surface area contributed by atoms with E-state index in [2.05, 4.69) is 9.82 Å². The van der Waals surface area contributed by atoms with Crippen LogP contribution in [0.3, 0.4) is 0 Å². The average Bonchev–Trinajstić information content (AvgIpc) is 2.80. The van der Waals surface area contributed by atoms with Crippen LogP contribution in [0.5, 0.6) is 0 Å². The molecular weight excluding hydrogens is 250 g/mol. The van der Waals surface area contributed by atoms with Gasteiger partial charge in [0.15, 0.2) is 0 Å². The Labute approximate surface area is 107 Å². The molecule has 1 heterocycles. The minimum atomic E-state index is -3.14. The van der Waals surface area contributed by atoms with Crippen LogP contribution < -0.4 is 4.72 Å². The van der Waals surface area contributed by atoms with Crippen molar-refractivity contribution in [3.8, 4) is 0 Å². The molecule has 0 spiro atoms. The van der Waals surface area contributed by atoms with E-state index < -0.39 is 10.0 Å². The Bertz CT molecular complexity index is 589. The largest absolute Gasteiger partial charge is 0.268 e. The van der Waals surface area contributed by atoms with Crippen molar-refractivity contribution in [3.05, 3.63) is 53.9 Å². The van der Waals surface area contributed by atoms with Crippen molar-refractivity contribution in [2.24, 2.45) is 0 Å². The van der Waals surface area contributed by atoms with Crippen molar-refractivity contribution in [3.63, 3.8) is 0 Å². The number of nitrogens with one attached hydrogen (secondary N) is 1. The summed E-state index contributed by atoms with van der Waals surface area (Å²) in [6.45, 7) is 1.04. The zero-order valence-corrected chi connectivity index (χ0v) is 10.9. The maximum atomic E-state index is 11.0. The van der Waals surface area contributed by atoms with E-state index in [4.69, 9.17) is 0 Å². The molecule has 0 amide bonds. The molecule has 6 heteroatoms. The van der Waals surface area contributed by atoms with E-state index in [0.717, 1.165) is 17.4 Å². The van der Waals surface area contributed by atoms with Crippen LogP contribution in [0, 0.1) is 0 Å². The molecule has 2 aromatic rings. The number of hydrogen-bond donors (Lipinski definition) is 1. The third-order valence-corrected chi connectivity index (χ3v) is 3.13. The second-order valence-electron chi connectivity index (χ2n) is 4.11. The van der Waals surface area contributed by atoms with Gasteiger partial charge in [0.25, 0.3) is 0 Å². The summed E-state index contributed by atoms with van der Waals surface area (Å²) in [5.41, 5.74) is 2.06. The normalized spacial score (nSPS) is 11.6. The lowest BCUT2D eigenvalue weighted by atomic mass is 10.1. The SMILES string of the molecule is CS(=O)(=O)NCc1ccc(Cn2cccn2)cc1. The highest BCUT2D eigenvalue weighted by atomic mass is 32.2. The molecule has 5 nitrogen and oxygen atoms in total. The Balaban J connectivity index is 1.97. The lowest BCUT2D eigenvalue weighted by molar-refractivity contribution is 0.587. The molecule has 0 unspecified atom stereocenters. The van der Waals surface area contributed by atoms with Crippen LogP contribution in [-0.2, 0) is 23.1 Å². The molecule has 1 aromatic carbocycles. The van der Waals surface area contributed by atoms with Crippen molar-refractivity contribution in [1.82, 2.24) is 14.5 Å². The molecular formula is C12H15N3O2S. The predicted molar refractivity (Wildman–Crippen MR) is 69.5 cm³/mol. The predicted octanol–water partition coefficient (Wildman–Crippen LogP) is 0.981. The van der Waals surface area contributed by atoms with Crippen LogP contribution >= 0.6 is 0 Å². The minimum Gasteiger partial charge on any atom is -0.268 e. The molecule has 0 fully saturated rings. The van der Waals surface area contributed by atoms with Gasteiger partial charge in [0.05, 0.1) is 12.8 Å². The molecule has 0 aliphatic heterocycles. The molecule has 1 N–H and O–H groups in total. The van der Waals surface area contributed by atoms with Gasteiger partial charge in [-0.15, -0.1) is 0 Å². The summed E-state index contributed by atoms with van der Waals surface area (Å²) in [6, 6.07) is 9.65. The van der Waals surface area contributed by atoms with Gasteiger partial charge < -0.3 is 0 Å². The van der Waals surface area contributed by atoms with E-state index in [9.17, 15) is 8.42 Å². The highest BCUT2D eigenvalue weighted by Gasteiger charge is 2.01. The molecule has 0 atom stereocenters. The lowest BCUT2D eigenvalue weighted by Crippen LogP contribution is -2.21. The van der Waals surface area contributed by atoms with Gasteiger partial charge in [-0.05, 0) is 17.2 Å². The fourth-order valence-electron chi connectivity index (χ4n) is 1.56. The topological polar surface area (TPSA) is 64.0 Å². The number of nitrogens with zero attached hydrogens (tertiary/aromatic N) is 2. The summed E-state index contributed by atoms with van der Waals surface area (Å²) in [6.07, 6.45) is 4.79. The van der Waals surface area contributed by atoms with E-state index in [-0.39, 0.29) is 0 Å². The van der Waals surface area contributed by atoms with Crippen LogP contribution in [0.25, 0.3) is 0 Å². The molecule has 2 rings (SSSR count). The maximum Gasteiger partial charge on any atom is 0.209 e. The Morgan fingerprint density at radius 2 is 1.89 bits per heavy atom. The summed E-state index contributed by atoms with van der Waals surface area (Å²) in [4.78, 5) is 0. The summed E-state index contributed by atoms with van der Waals surface area (Å²) in [5, 5.41) is 4.13. The monoisotopic (exact) mass is 265 g/mol. The van der Waals surface area contributed by atoms with Crippen LogP contribution in [0.15, 0.2) is 42.7 Å². The van der Waals surface area contributed by atoms with Gasteiger partial charge in [0.1, 0.15) is 0 Å². The van der Waals surface area contributed by atoms with Crippen LogP contribution in [0.1, 0.15) is 11.1 Å². The molecule has 0 saturated carbocycles. The van der Waals surface area contributed by atoms with Crippen molar-refractivity contribution >= 4 is 10.0 Å². The first-order valence-electron chi connectivity index (χ1n) is 5.53. The van der Waals surface area contributed by atoms with E-state index in [1.807, 2.05) is 41.2 Å². The molecule has 0 bridgehead atoms. The Kier molecular flexibility index (Phi) is 3.78. The number of sulfonamides is 1. The fraction of sp³-hybridized carbons (Fsp3) is 0.250. The van der Waals surface area contributed by atoms with Crippen molar-refractivity contribution in [1.29, 1.82) is 0 Å². The van der Waals surface area contributed by atoms with Crippen molar-refractivity contribution in [2.75, 3.05) is 6.26 Å². The van der Waals surface area contributed by atoms with Crippen molar-refractivity contribution in [2.45, 2.75) is 13.1 Å². The molecule has 0 aliphatic carbocycles. The maximum absolute atomic E-state index is 11.0. The molecule has 18 heavy (non-hydrogen) atoms. The molecule has 0 radical (unpaired) electrons. The summed E-state index contributed by atoms with van der Waals surface area (Å²) >= 11 is 0. The van der Waals surface area contributed by atoms with Gasteiger partial charge in [-0.1, -0.05) is 24.3 Å². The number of benzene rings is 1. The van der Waals surface area contributed by atoms with Gasteiger partial charge in [-0.2, -0.15) is 5.10 Å². The van der Waals surface area contributed by atoms with Gasteiger partial charge in [-0.3, -0.25) is 4.68 Å². The summed E-state index contributed by atoms with van der Waals surface area (Å²) in [7, 11) is -3.14. The first-order chi connectivity index (χ1) is 8.53. The van der Waals surface area contributed by atoms with Crippen LogP contribution in [0.4, 0.5) is 0 Å². The standard InChI is InChI=1S/C12H15N3O2S/c1-18(16,17)14-9-11-3-5-12(6-4-11)10-15-8-2-7-13-15/h2-8,14H,9-10H2,1H3. The average molecular weight is 265 g/mol. The second-order valence-corrected chi connectivity index (χ2v) is 5.95. The minimum absolute atomic E-state index is 0.320. The zero-order valence-electron chi connectivity index (χ0n) is 10.1. The van der Waals surface area contributed by atoms with Gasteiger partial charge in [0, 0.05) is 18.9 Å². The summed E-state index contributed by atoms with van der Waals surface area (Å²) in [5.74, 6) is 0. The highest BCUT2D eigenvalue weighted by molar-refractivity contribution is 7.88. The zero-order chi connectivity index (χ0) is 13.0. The Morgan fingerprint density at radius 1 is 1.22 bits per heavy atom. The number of hydrogen-bond acceptors (Lipinski definition) is 3. The third kappa shape index (κ3) is 3.97. The quantitative estimate of drug-likeness (QED) is 0.876. The first kappa shape index (κ1) is 12.8.